The smallest absolute Gasteiger partial charge is 0.211 e. The number of hydrogen-bond donors (Lipinski definition) is 2. The average Bonchev–Trinajstić information content (AvgIpc) is 2.37. The van der Waals surface area contributed by atoms with Crippen molar-refractivity contribution in [3.05, 3.63) is 12.7 Å². The van der Waals surface area contributed by atoms with Crippen LogP contribution in [0.3, 0.4) is 0 Å². The van der Waals surface area contributed by atoms with Gasteiger partial charge in [-0.15, -0.1) is 6.58 Å². The Morgan fingerprint density at radius 3 is 2.83 bits per heavy atom. The molecule has 104 valence electrons. The Morgan fingerprint density at radius 2 is 2.28 bits per heavy atom. The van der Waals surface area contributed by atoms with Crippen LogP contribution in [0, 0.1) is 11.8 Å². The maximum atomic E-state index is 11.7. The lowest BCUT2D eigenvalue weighted by Gasteiger charge is -2.46. The van der Waals surface area contributed by atoms with Crippen molar-refractivity contribution in [3.63, 3.8) is 0 Å². The Kier molecular flexibility index (Phi) is 4.45. The summed E-state index contributed by atoms with van der Waals surface area (Å²) in [6, 6.07) is 0.464. The van der Waals surface area contributed by atoms with Gasteiger partial charge in [0.25, 0.3) is 0 Å². The molecule has 3 heterocycles. The zero-order valence-electron chi connectivity index (χ0n) is 11.2. The van der Waals surface area contributed by atoms with Gasteiger partial charge in [0.05, 0.1) is 25.4 Å². The highest BCUT2D eigenvalue weighted by Crippen LogP contribution is 2.27. The van der Waals surface area contributed by atoms with E-state index in [9.17, 15) is 8.42 Å². The topological polar surface area (TPSA) is 50.6 Å². The molecule has 0 aliphatic carbocycles. The first-order valence-electron chi connectivity index (χ1n) is 7.00. The van der Waals surface area contributed by atoms with E-state index in [1.54, 1.807) is 4.90 Å². The number of quaternary nitrogens is 1. The Bertz CT molecular complexity index is 394. The van der Waals surface area contributed by atoms with Gasteiger partial charge in [-0.1, -0.05) is 13.0 Å². The second-order valence-corrected chi connectivity index (χ2v) is 7.59. The van der Waals surface area contributed by atoms with Crippen molar-refractivity contribution in [3.8, 4) is 0 Å². The van der Waals surface area contributed by atoms with Crippen LogP contribution < -0.4 is 9.62 Å². The third-order valence-electron chi connectivity index (χ3n) is 4.43. The first-order valence-corrected chi connectivity index (χ1v) is 8.65. The molecule has 3 saturated heterocycles. The van der Waals surface area contributed by atoms with Crippen molar-refractivity contribution in [1.82, 2.24) is 4.72 Å². The van der Waals surface area contributed by atoms with Crippen molar-refractivity contribution in [2.45, 2.75) is 32.2 Å². The molecule has 0 aromatic carbocycles. The highest BCUT2D eigenvalue weighted by atomic mass is 32.2. The maximum Gasteiger partial charge on any atom is 0.211 e. The predicted molar refractivity (Wildman–Crippen MR) is 73.0 cm³/mol. The minimum Gasteiger partial charge on any atom is -0.331 e. The number of hydrogen-bond acceptors (Lipinski definition) is 2. The van der Waals surface area contributed by atoms with Crippen LogP contribution >= 0.6 is 0 Å². The molecule has 2 bridgehead atoms. The van der Waals surface area contributed by atoms with E-state index in [1.807, 2.05) is 6.92 Å². The lowest BCUT2D eigenvalue weighted by atomic mass is 9.76. The van der Waals surface area contributed by atoms with Gasteiger partial charge in [-0.25, -0.2) is 13.1 Å². The van der Waals surface area contributed by atoms with Crippen molar-refractivity contribution in [1.29, 1.82) is 0 Å². The van der Waals surface area contributed by atoms with Gasteiger partial charge in [0.1, 0.15) is 6.04 Å². The molecular weight excluding hydrogens is 248 g/mol. The molecule has 4 atom stereocenters. The van der Waals surface area contributed by atoms with Crippen LogP contribution in [-0.4, -0.2) is 39.8 Å². The highest BCUT2D eigenvalue weighted by molar-refractivity contribution is 7.89. The normalized spacial score (nSPS) is 35.6. The summed E-state index contributed by atoms with van der Waals surface area (Å²) in [6.45, 7) is 8.74. The molecule has 0 amide bonds. The van der Waals surface area contributed by atoms with E-state index < -0.39 is 10.0 Å². The van der Waals surface area contributed by atoms with Crippen LogP contribution in [0.4, 0.5) is 0 Å². The van der Waals surface area contributed by atoms with Gasteiger partial charge in [-0.05, 0) is 12.3 Å². The Balaban J connectivity index is 1.87. The fourth-order valence-electron chi connectivity index (χ4n) is 3.42. The number of fused-ring (bicyclic) bond motifs is 3. The molecular formula is C13H25N2O2S+. The van der Waals surface area contributed by atoms with Crippen LogP contribution in [0.5, 0.6) is 0 Å². The predicted octanol–water partition coefficient (Wildman–Crippen LogP) is -0.205. The fraction of sp³-hybridized carbons (Fsp3) is 0.846. The van der Waals surface area contributed by atoms with E-state index in [0.29, 0.717) is 24.9 Å². The van der Waals surface area contributed by atoms with Gasteiger partial charge in [0.2, 0.25) is 10.0 Å². The van der Waals surface area contributed by atoms with Crippen molar-refractivity contribution in [2.24, 2.45) is 11.8 Å². The van der Waals surface area contributed by atoms with Gasteiger partial charge >= 0.3 is 0 Å². The summed E-state index contributed by atoms with van der Waals surface area (Å²) >= 11 is 0. The molecule has 4 nitrogen and oxygen atoms in total. The molecule has 0 spiro atoms. The quantitative estimate of drug-likeness (QED) is 0.658. The second kappa shape index (κ2) is 5.72. The largest absolute Gasteiger partial charge is 0.331 e. The first-order chi connectivity index (χ1) is 8.55. The van der Waals surface area contributed by atoms with E-state index >= 15 is 0 Å². The summed E-state index contributed by atoms with van der Waals surface area (Å²) in [4.78, 5) is 1.56. The summed E-state index contributed by atoms with van der Waals surface area (Å²) in [7, 11) is -3.05. The van der Waals surface area contributed by atoms with Crippen LogP contribution in [0.2, 0.25) is 0 Å². The molecule has 3 aliphatic rings. The molecule has 0 aromatic heterocycles. The molecule has 0 radical (unpaired) electrons. The van der Waals surface area contributed by atoms with Crippen LogP contribution in [-0.2, 0) is 10.0 Å². The van der Waals surface area contributed by atoms with Crippen LogP contribution in [0.25, 0.3) is 0 Å². The van der Waals surface area contributed by atoms with Crippen LogP contribution in [0.1, 0.15) is 26.2 Å². The Hall–Kier alpha value is -0.390. The van der Waals surface area contributed by atoms with E-state index in [1.165, 1.54) is 13.0 Å². The van der Waals surface area contributed by atoms with Crippen molar-refractivity contribution in [2.75, 3.05) is 25.4 Å². The van der Waals surface area contributed by atoms with Crippen molar-refractivity contribution >= 4 is 10.0 Å². The van der Waals surface area contributed by atoms with E-state index in [0.717, 1.165) is 18.9 Å². The van der Waals surface area contributed by atoms with E-state index in [-0.39, 0.29) is 5.75 Å². The summed E-state index contributed by atoms with van der Waals surface area (Å²) < 4.78 is 26.1. The second-order valence-electron chi connectivity index (χ2n) is 5.66. The molecule has 3 rings (SSSR count). The molecule has 18 heavy (non-hydrogen) atoms. The molecule has 1 unspecified atom stereocenters. The van der Waals surface area contributed by atoms with Crippen LogP contribution in [0.15, 0.2) is 12.7 Å². The minimum atomic E-state index is -3.05. The monoisotopic (exact) mass is 273 g/mol. The zero-order valence-corrected chi connectivity index (χ0v) is 12.0. The highest BCUT2D eigenvalue weighted by Gasteiger charge is 2.42. The Labute approximate surface area is 110 Å². The van der Waals surface area contributed by atoms with Gasteiger partial charge in [0.15, 0.2) is 0 Å². The first kappa shape index (κ1) is 14.0. The maximum absolute atomic E-state index is 11.7. The summed E-state index contributed by atoms with van der Waals surface area (Å²) in [6.07, 6.45) is 5.17. The van der Waals surface area contributed by atoms with Crippen molar-refractivity contribution < 1.29 is 13.3 Å². The van der Waals surface area contributed by atoms with Gasteiger partial charge in [-0.3, -0.25) is 0 Å². The zero-order chi connectivity index (χ0) is 13.2. The Morgan fingerprint density at radius 1 is 1.50 bits per heavy atom. The fourth-order valence-corrected chi connectivity index (χ4v) is 4.56. The van der Waals surface area contributed by atoms with Gasteiger partial charge in [-0.2, -0.15) is 0 Å². The number of piperidine rings is 3. The summed E-state index contributed by atoms with van der Waals surface area (Å²) in [5, 5.41) is 0. The SMILES string of the molecule is C=C[C@H]1C[NH+]2CC[C@H]1C[C@@H]2CNS(=O)(=O)CCC. The molecule has 5 heteroatoms. The number of sulfonamides is 1. The third kappa shape index (κ3) is 3.13. The third-order valence-corrected chi connectivity index (χ3v) is 5.98. The minimum absolute atomic E-state index is 0.244. The number of nitrogens with one attached hydrogen (secondary N) is 2. The standard InChI is InChI=1S/C13H24N2O2S/c1-3-7-18(16,17)14-9-13-8-12-5-6-15(13)10-11(12)4-2/h4,11-14H,2-3,5-10H2,1H3/p+1/t11-,12-,13+/m0/s1. The molecule has 3 fully saturated rings. The van der Waals surface area contributed by atoms with E-state index in [4.69, 9.17) is 0 Å². The summed E-state index contributed by atoms with van der Waals surface area (Å²) in [5.74, 6) is 1.60. The van der Waals surface area contributed by atoms with Gasteiger partial charge in [0, 0.05) is 18.8 Å². The lowest BCUT2D eigenvalue weighted by Crippen LogP contribution is -3.20. The summed E-state index contributed by atoms with van der Waals surface area (Å²) in [5.41, 5.74) is 0. The molecule has 0 saturated carbocycles. The lowest BCUT2D eigenvalue weighted by molar-refractivity contribution is -0.944. The molecule has 0 aromatic rings. The molecule has 3 aliphatic heterocycles. The average molecular weight is 273 g/mol. The number of rotatable bonds is 6. The molecule has 2 N–H and O–H groups in total. The van der Waals surface area contributed by atoms with Gasteiger partial charge < -0.3 is 4.90 Å². The van der Waals surface area contributed by atoms with E-state index in [2.05, 4.69) is 17.4 Å².